The number of fused-ring (bicyclic) bond motifs is 1. The van der Waals surface area contributed by atoms with Crippen LogP contribution in [-0.4, -0.2) is 21.1 Å². The van der Waals surface area contributed by atoms with Gasteiger partial charge in [0.05, 0.1) is 16.0 Å². The van der Waals surface area contributed by atoms with E-state index in [0.29, 0.717) is 5.75 Å². The highest BCUT2D eigenvalue weighted by atomic mass is 32.2. The summed E-state index contributed by atoms with van der Waals surface area (Å²) in [6.45, 7) is 7.07. The first-order chi connectivity index (χ1) is 10.6. The Morgan fingerprint density at radius 2 is 2.09 bits per heavy atom. The number of benzene rings is 1. The van der Waals surface area contributed by atoms with Gasteiger partial charge in [0.2, 0.25) is 0 Å². The van der Waals surface area contributed by atoms with Gasteiger partial charge in [-0.2, -0.15) is 0 Å². The van der Waals surface area contributed by atoms with Gasteiger partial charge in [0, 0.05) is 23.5 Å². The fourth-order valence-electron chi connectivity index (χ4n) is 2.69. The predicted molar refractivity (Wildman–Crippen MR) is 94.3 cm³/mol. The van der Waals surface area contributed by atoms with Crippen LogP contribution in [0, 0.1) is 13.8 Å². The van der Waals surface area contributed by atoms with Gasteiger partial charge in [0.15, 0.2) is 10.1 Å². The van der Waals surface area contributed by atoms with Crippen molar-refractivity contribution in [1.82, 2.24) is 9.55 Å². The lowest BCUT2D eigenvalue weighted by Crippen LogP contribution is -2.05. The lowest BCUT2D eigenvalue weighted by molar-refractivity contribution is 0.102. The van der Waals surface area contributed by atoms with Crippen LogP contribution in [0.1, 0.15) is 28.7 Å². The van der Waals surface area contributed by atoms with Crippen LogP contribution in [0.5, 0.6) is 0 Å². The van der Waals surface area contributed by atoms with Crippen LogP contribution in [0.25, 0.3) is 10.2 Å². The number of ketones is 1. The summed E-state index contributed by atoms with van der Waals surface area (Å²) >= 11 is 3.18. The lowest BCUT2D eigenvalue weighted by atomic mass is 10.2. The largest absolute Gasteiger partial charge is 0.349 e. The SMILES string of the molecule is CCn1c(C)cc(C(=O)CSc2nc3ccccc3s2)c1C. The second kappa shape index (κ2) is 6.26. The molecule has 22 heavy (non-hydrogen) atoms. The van der Waals surface area contributed by atoms with E-state index >= 15 is 0 Å². The Morgan fingerprint density at radius 1 is 1.32 bits per heavy atom. The van der Waals surface area contributed by atoms with E-state index in [1.807, 2.05) is 38.1 Å². The average molecular weight is 330 g/mol. The van der Waals surface area contributed by atoms with E-state index in [2.05, 4.69) is 22.5 Å². The first-order valence-corrected chi connectivity index (χ1v) is 9.08. The van der Waals surface area contributed by atoms with Gasteiger partial charge in [-0.1, -0.05) is 23.9 Å². The van der Waals surface area contributed by atoms with Gasteiger partial charge < -0.3 is 4.57 Å². The summed E-state index contributed by atoms with van der Waals surface area (Å²) < 4.78 is 4.30. The number of rotatable bonds is 5. The number of thiazole rings is 1. The molecule has 0 aliphatic rings. The molecular formula is C17H18N2OS2. The van der Waals surface area contributed by atoms with E-state index in [9.17, 15) is 4.79 Å². The minimum Gasteiger partial charge on any atom is -0.349 e. The topological polar surface area (TPSA) is 34.9 Å². The third-order valence-corrected chi connectivity index (χ3v) is 5.97. The molecule has 0 radical (unpaired) electrons. The Labute approximate surface area is 138 Å². The van der Waals surface area contributed by atoms with E-state index in [1.165, 1.54) is 16.5 Å². The summed E-state index contributed by atoms with van der Waals surface area (Å²) in [7, 11) is 0. The van der Waals surface area contributed by atoms with Crippen molar-refractivity contribution in [3.05, 3.63) is 47.3 Å². The molecule has 1 aromatic carbocycles. The van der Waals surface area contributed by atoms with Gasteiger partial charge >= 0.3 is 0 Å². The first kappa shape index (κ1) is 15.3. The summed E-state index contributed by atoms with van der Waals surface area (Å²) in [5.74, 6) is 0.616. The smallest absolute Gasteiger partial charge is 0.174 e. The minimum absolute atomic E-state index is 0.178. The predicted octanol–water partition coefficient (Wildman–Crippen LogP) is 4.71. The summed E-state index contributed by atoms with van der Waals surface area (Å²) in [4.78, 5) is 17.0. The molecule has 0 aliphatic heterocycles. The normalized spacial score (nSPS) is 11.2. The zero-order valence-corrected chi connectivity index (χ0v) is 14.6. The fraction of sp³-hybridized carbons (Fsp3) is 0.294. The van der Waals surface area contributed by atoms with Crippen LogP contribution in [0.15, 0.2) is 34.7 Å². The second-order valence-corrected chi connectivity index (χ2v) is 7.44. The average Bonchev–Trinajstić information content (AvgIpc) is 3.05. The molecule has 2 aromatic heterocycles. The van der Waals surface area contributed by atoms with Crippen molar-refractivity contribution in [2.45, 2.75) is 31.7 Å². The molecule has 0 saturated heterocycles. The van der Waals surface area contributed by atoms with E-state index in [-0.39, 0.29) is 5.78 Å². The van der Waals surface area contributed by atoms with Gasteiger partial charge in [0.25, 0.3) is 0 Å². The quantitative estimate of drug-likeness (QED) is 0.502. The number of thioether (sulfide) groups is 1. The highest BCUT2D eigenvalue weighted by Crippen LogP contribution is 2.30. The highest BCUT2D eigenvalue weighted by molar-refractivity contribution is 8.01. The molecule has 0 atom stereocenters. The molecule has 3 nitrogen and oxygen atoms in total. The molecule has 0 bridgehead atoms. The molecule has 114 valence electrons. The van der Waals surface area contributed by atoms with Gasteiger partial charge in [0.1, 0.15) is 0 Å². The number of para-hydroxylation sites is 1. The Hall–Kier alpha value is -1.59. The molecule has 0 fully saturated rings. The Bertz CT molecular complexity index is 799. The number of nitrogens with zero attached hydrogens (tertiary/aromatic N) is 2. The number of carbonyl (C=O) groups excluding carboxylic acids is 1. The molecule has 0 unspecified atom stereocenters. The number of aromatic nitrogens is 2. The van der Waals surface area contributed by atoms with Gasteiger partial charge in [-0.25, -0.2) is 4.98 Å². The number of Topliss-reactive ketones (excluding diaryl/α,β-unsaturated/α-hetero) is 1. The molecule has 0 aliphatic carbocycles. The van der Waals surface area contributed by atoms with Crippen molar-refractivity contribution < 1.29 is 4.79 Å². The summed E-state index contributed by atoms with van der Waals surface area (Å²) in [5, 5.41) is 0. The van der Waals surface area contributed by atoms with Gasteiger partial charge in [-0.05, 0) is 39.0 Å². The van der Waals surface area contributed by atoms with Crippen molar-refractivity contribution in [2.75, 3.05) is 5.75 Å². The standard InChI is InChI=1S/C17H18N2OS2/c1-4-19-11(2)9-13(12(19)3)15(20)10-21-17-18-14-7-5-6-8-16(14)22-17/h5-9H,4,10H2,1-3H3. The third-order valence-electron chi connectivity index (χ3n) is 3.79. The van der Waals surface area contributed by atoms with Crippen molar-refractivity contribution in [3.63, 3.8) is 0 Å². The van der Waals surface area contributed by atoms with Gasteiger partial charge in [-0.15, -0.1) is 11.3 Å². The van der Waals surface area contributed by atoms with Crippen molar-refractivity contribution >= 4 is 39.1 Å². The van der Waals surface area contributed by atoms with E-state index in [4.69, 9.17) is 0 Å². The maximum absolute atomic E-state index is 12.5. The summed E-state index contributed by atoms with van der Waals surface area (Å²) in [6, 6.07) is 10.1. The molecular weight excluding hydrogens is 312 g/mol. The van der Waals surface area contributed by atoms with Crippen LogP contribution >= 0.6 is 23.1 Å². The molecule has 0 N–H and O–H groups in total. The highest BCUT2D eigenvalue weighted by Gasteiger charge is 2.16. The van der Waals surface area contributed by atoms with Crippen LogP contribution in [-0.2, 0) is 6.54 Å². The Morgan fingerprint density at radius 3 is 2.77 bits per heavy atom. The monoisotopic (exact) mass is 330 g/mol. The Kier molecular flexibility index (Phi) is 4.36. The van der Waals surface area contributed by atoms with Crippen molar-refractivity contribution in [3.8, 4) is 0 Å². The zero-order valence-electron chi connectivity index (χ0n) is 12.9. The molecule has 5 heteroatoms. The molecule has 2 heterocycles. The molecule has 3 rings (SSSR count). The van der Waals surface area contributed by atoms with Crippen molar-refractivity contribution in [2.24, 2.45) is 0 Å². The number of hydrogen-bond acceptors (Lipinski definition) is 4. The third kappa shape index (κ3) is 2.83. The summed E-state index contributed by atoms with van der Waals surface area (Å²) in [6.07, 6.45) is 0. The fourth-order valence-corrected chi connectivity index (χ4v) is 4.64. The van der Waals surface area contributed by atoms with Crippen LogP contribution in [0.4, 0.5) is 0 Å². The van der Waals surface area contributed by atoms with Crippen LogP contribution in [0.3, 0.4) is 0 Å². The zero-order chi connectivity index (χ0) is 15.7. The maximum atomic E-state index is 12.5. The molecule has 0 amide bonds. The maximum Gasteiger partial charge on any atom is 0.174 e. The Balaban J connectivity index is 1.74. The van der Waals surface area contributed by atoms with Gasteiger partial charge in [-0.3, -0.25) is 4.79 Å². The molecule has 3 aromatic rings. The lowest BCUT2D eigenvalue weighted by Gasteiger charge is -2.05. The second-order valence-electron chi connectivity index (χ2n) is 5.19. The summed E-state index contributed by atoms with van der Waals surface area (Å²) in [5.41, 5.74) is 4.06. The first-order valence-electron chi connectivity index (χ1n) is 7.28. The van der Waals surface area contributed by atoms with E-state index in [1.54, 1.807) is 11.3 Å². The van der Waals surface area contributed by atoms with E-state index < -0.39 is 0 Å². The molecule has 0 spiro atoms. The number of carbonyl (C=O) groups is 1. The number of hydrogen-bond donors (Lipinski definition) is 0. The van der Waals surface area contributed by atoms with E-state index in [0.717, 1.165) is 33.4 Å². The molecule has 0 saturated carbocycles. The van der Waals surface area contributed by atoms with Crippen LogP contribution < -0.4 is 0 Å². The van der Waals surface area contributed by atoms with Crippen LogP contribution in [0.2, 0.25) is 0 Å². The number of aryl methyl sites for hydroxylation is 1. The van der Waals surface area contributed by atoms with Crippen molar-refractivity contribution in [1.29, 1.82) is 0 Å². The minimum atomic E-state index is 0.178.